The van der Waals surface area contributed by atoms with E-state index >= 15 is 0 Å². The summed E-state index contributed by atoms with van der Waals surface area (Å²) < 4.78 is 5.86. The molecule has 4 aromatic rings. The van der Waals surface area contributed by atoms with Crippen LogP contribution < -0.4 is 5.32 Å². The number of nitrogens with zero attached hydrogens (tertiary/aromatic N) is 2. The number of carbonyl (C=O) groups is 1. The molecule has 5 rings (SSSR count). The number of carbonyl (C=O) groups excluding carboxylic acids is 1. The van der Waals surface area contributed by atoms with Crippen molar-refractivity contribution in [3.8, 4) is 22.9 Å². The van der Waals surface area contributed by atoms with Gasteiger partial charge in [0.15, 0.2) is 0 Å². The predicted octanol–water partition coefficient (Wildman–Crippen LogP) is 6.45. The molecule has 1 N–H and O–H groups in total. The molecule has 7 heteroatoms. The average Bonchev–Trinajstić information content (AvgIpc) is 3.46. The van der Waals surface area contributed by atoms with E-state index < -0.39 is 0 Å². The van der Waals surface area contributed by atoms with Gasteiger partial charge in [0.05, 0.1) is 21.3 Å². The van der Waals surface area contributed by atoms with Gasteiger partial charge in [0.1, 0.15) is 0 Å². The molecule has 0 aliphatic heterocycles. The summed E-state index contributed by atoms with van der Waals surface area (Å²) in [6.45, 7) is 0. The summed E-state index contributed by atoms with van der Waals surface area (Å²) in [5.74, 6) is 0.849. The second-order valence-corrected chi connectivity index (χ2v) is 8.25. The fraction of sp³-hybridized carbons (Fsp3) is 0.125. The smallest absolute Gasteiger partial charge is 0.250 e. The highest BCUT2D eigenvalue weighted by Crippen LogP contribution is 2.48. The number of rotatable bonds is 5. The molecule has 1 fully saturated rings. The van der Waals surface area contributed by atoms with E-state index in [1.807, 2.05) is 42.5 Å². The molecule has 1 aliphatic carbocycles. The van der Waals surface area contributed by atoms with Crippen LogP contribution in [0.3, 0.4) is 0 Å². The standard InChI is InChI=1S/C24H17Cl2N3O2/c25-19-11-10-15(12-20(19)26)23-28-29-24(31-23)16-8-4-5-9-21(16)27-22(30)18-13-17(18)14-6-2-1-3-7-14/h1-12,17-18H,13H2,(H,27,30). The number of anilines is 1. The summed E-state index contributed by atoms with van der Waals surface area (Å²) in [4.78, 5) is 12.8. The van der Waals surface area contributed by atoms with Crippen molar-refractivity contribution in [2.45, 2.75) is 12.3 Å². The molecule has 1 aliphatic rings. The molecule has 0 saturated heterocycles. The Balaban J connectivity index is 1.36. The second-order valence-electron chi connectivity index (χ2n) is 7.44. The van der Waals surface area contributed by atoms with E-state index in [2.05, 4.69) is 27.6 Å². The maximum absolute atomic E-state index is 12.8. The first-order chi connectivity index (χ1) is 15.1. The Morgan fingerprint density at radius 1 is 0.903 bits per heavy atom. The van der Waals surface area contributed by atoms with Gasteiger partial charge in [-0.25, -0.2) is 0 Å². The molecule has 1 aromatic heterocycles. The Labute approximate surface area is 189 Å². The Hall–Kier alpha value is -3.15. The summed E-state index contributed by atoms with van der Waals surface area (Å²) in [6, 6.07) is 22.6. The number of hydrogen-bond donors (Lipinski definition) is 1. The first kappa shape index (κ1) is 19.8. The van der Waals surface area contributed by atoms with E-state index in [0.29, 0.717) is 38.6 Å². The summed E-state index contributed by atoms with van der Waals surface area (Å²) in [5.41, 5.74) is 3.15. The Morgan fingerprint density at radius 2 is 1.65 bits per heavy atom. The van der Waals surface area contributed by atoms with Crippen molar-refractivity contribution in [3.63, 3.8) is 0 Å². The number of nitrogens with one attached hydrogen (secondary N) is 1. The maximum atomic E-state index is 12.8. The van der Waals surface area contributed by atoms with Crippen LogP contribution >= 0.6 is 23.2 Å². The van der Waals surface area contributed by atoms with Crippen LogP contribution in [0.2, 0.25) is 10.0 Å². The molecule has 3 aromatic carbocycles. The van der Waals surface area contributed by atoms with E-state index in [4.69, 9.17) is 27.6 Å². The number of benzene rings is 3. The fourth-order valence-corrected chi connectivity index (χ4v) is 3.93. The molecular weight excluding hydrogens is 433 g/mol. The molecular formula is C24H17Cl2N3O2. The monoisotopic (exact) mass is 449 g/mol. The van der Waals surface area contributed by atoms with Crippen LogP contribution in [0.4, 0.5) is 5.69 Å². The third kappa shape index (κ3) is 4.07. The van der Waals surface area contributed by atoms with Gasteiger partial charge >= 0.3 is 0 Å². The number of para-hydroxylation sites is 1. The van der Waals surface area contributed by atoms with Gasteiger partial charge in [-0.15, -0.1) is 10.2 Å². The van der Waals surface area contributed by atoms with Crippen LogP contribution in [0.15, 0.2) is 77.2 Å². The molecule has 5 nitrogen and oxygen atoms in total. The molecule has 1 amide bonds. The molecule has 31 heavy (non-hydrogen) atoms. The number of halogens is 2. The minimum absolute atomic E-state index is 0.00877. The quantitative estimate of drug-likeness (QED) is 0.379. The van der Waals surface area contributed by atoms with Gasteiger partial charge in [-0.2, -0.15) is 0 Å². The van der Waals surface area contributed by atoms with Gasteiger partial charge < -0.3 is 9.73 Å². The third-order valence-corrected chi connectivity index (χ3v) is 6.10. The van der Waals surface area contributed by atoms with Crippen LogP contribution in [0.1, 0.15) is 17.9 Å². The molecule has 0 radical (unpaired) electrons. The predicted molar refractivity (Wildman–Crippen MR) is 121 cm³/mol. The summed E-state index contributed by atoms with van der Waals surface area (Å²) in [5, 5.41) is 12.2. The Kier molecular flexibility index (Phi) is 5.22. The van der Waals surface area contributed by atoms with Crippen LogP contribution in [0.25, 0.3) is 22.9 Å². The minimum atomic E-state index is -0.0371. The summed E-state index contributed by atoms with van der Waals surface area (Å²) in [7, 11) is 0. The van der Waals surface area contributed by atoms with E-state index in [1.54, 1.807) is 18.2 Å². The number of hydrogen-bond acceptors (Lipinski definition) is 4. The van der Waals surface area contributed by atoms with Crippen LogP contribution in [0, 0.1) is 5.92 Å². The highest BCUT2D eigenvalue weighted by molar-refractivity contribution is 6.42. The zero-order chi connectivity index (χ0) is 21.4. The average molecular weight is 450 g/mol. The highest BCUT2D eigenvalue weighted by atomic mass is 35.5. The highest BCUT2D eigenvalue weighted by Gasteiger charge is 2.44. The molecule has 154 valence electrons. The van der Waals surface area contributed by atoms with Crippen LogP contribution in [0.5, 0.6) is 0 Å². The lowest BCUT2D eigenvalue weighted by Crippen LogP contribution is -2.15. The molecule has 0 bridgehead atoms. The number of aromatic nitrogens is 2. The van der Waals surface area contributed by atoms with Crippen molar-refractivity contribution < 1.29 is 9.21 Å². The van der Waals surface area contributed by atoms with Crippen LogP contribution in [-0.4, -0.2) is 16.1 Å². The van der Waals surface area contributed by atoms with E-state index in [0.717, 1.165) is 6.42 Å². The summed E-state index contributed by atoms with van der Waals surface area (Å²) >= 11 is 12.1. The van der Waals surface area contributed by atoms with Gasteiger partial charge in [-0.3, -0.25) is 4.79 Å². The second kappa shape index (κ2) is 8.17. The normalized spacial score (nSPS) is 17.4. The topological polar surface area (TPSA) is 68.0 Å². The Morgan fingerprint density at radius 3 is 2.45 bits per heavy atom. The van der Waals surface area contributed by atoms with Crippen molar-refractivity contribution >= 4 is 34.8 Å². The van der Waals surface area contributed by atoms with Gasteiger partial charge in [0.2, 0.25) is 17.7 Å². The lowest BCUT2D eigenvalue weighted by molar-refractivity contribution is -0.117. The molecule has 1 heterocycles. The zero-order valence-corrected chi connectivity index (χ0v) is 17.8. The largest absolute Gasteiger partial charge is 0.416 e. The molecule has 0 spiro atoms. The fourth-order valence-electron chi connectivity index (χ4n) is 3.64. The minimum Gasteiger partial charge on any atom is -0.416 e. The van der Waals surface area contributed by atoms with Gasteiger partial charge in [0, 0.05) is 11.5 Å². The van der Waals surface area contributed by atoms with Crippen molar-refractivity contribution in [3.05, 3.63) is 88.4 Å². The third-order valence-electron chi connectivity index (χ3n) is 5.36. The lowest BCUT2D eigenvalue weighted by atomic mass is 10.1. The van der Waals surface area contributed by atoms with Crippen molar-refractivity contribution in [2.75, 3.05) is 5.32 Å². The summed E-state index contributed by atoms with van der Waals surface area (Å²) in [6.07, 6.45) is 0.847. The van der Waals surface area contributed by atoms with Crippen molar-refractivity contribution in [2.24, 2.45) is 5.92 Å². The van der Waals surface area contributed by atoms with Crippen molar-refractivity contribution in [1.29, 1.82) is 0 Å². The van der Waals surface area contributed by atoms with Gasteiger partial charge in [-0.1, -0.05) is 65.7 Å². The molecule has 1 saturated carbocycles. The van der Waals surface area contributed by atoms with E-state index in [9.17, 15) is 4.79 Å². The van der Waals surface area contributed by atoms with Crippen LogP contribution in [-0.2, 0) is 4.79 Å². The van der Waals surface area contributed by atoms with Gasteiger partial charge in [-0.05, 0) is 48.2 Å². The number of amides is 1. The lowest BCUT2D eigenvalue weighted by Gasteiger charge is -2.08. The first-order valence-corrected chi connectivity index (χ1v) is 10.6. The zero-order valence-electron chi connectivity index (χ0n) is 16.3. The molecule has 2 unspecified atom stereocenters. The van der Waals surface area contributed by atoms with E-state index in [-0.39, 0.29) is 17.7 Å². The van der Waals surface area contributed by atoms with Crippen molar-refractivity contribution in [1.82, 2.24) is 10.2 Å². The SMILES string of the molecule is O=C(Nc1ccccc1-c1nnc(-c2ccc(Cl)c(Cl)c2)o1)C1CC1c1ccccc1. The van der Waals surface area contributed by atoms with E-state index in [1.165, 1.54) is 5.56 Å². The maximum Gasteiger partial charge on any atom is 0.250 e. The van der Waals surface area contributed by atoms with Gasteiger partial charge in [0.25, 0.3) is 0 Å². The first-order valence-electron chi connectivity index (χ1n) is 9.84. The molecule has 2 atom stereocenters. The Bertz CT molecular complexity index is 1260.